The summed E-state index contributed by atoms with van der Waals surface area (Å²) in [4.78, 5) is 0. The maximum absolute atomic E-state index is 4.57. The van der Waals surface area contributed by atoms with E-state index in [0.29, 0.717) is 6.61 Å². The normalized spacial score (nSPS) is 6.92. The molecule has 1 N–H and O–H groups in total. The van der Waals surface area contributed by atoms with E-state index in [1.807, 2.05) is 19.9 Å². The highest BCUT2D eigenvalue weighted by Crippen LogP contribution is 1.64. The fourth-order valence-electron chi connectivity index (χ4n) is 0.333. The molecular weight excluding hydrogens is 152 g/mol. The molecule has 0 aliphatic rings. The Hall–Kier alpha value is -1.09. The summed E-state index contributed by atoms with van der Waals surface area (Å²) in [5, 5.41) is 6.21. The lowest BCUT2D eigenvalue weighted by atomic mass is 10.7. The van der Waals surface area contributed by atoms with Crippen molar-refractivity contribution >= 4 is 0 Å². The lowest BCUT2D eigenvalue weighted by molar-refractivity contribution is 0.234. The quantitative estimate of drug-likeness (QED) is 0.691. The van der Waals surface area contributed by atoms with Gasteiger partial charge in [0.05, 0.1) is 6.61 Å². The van der Waals surface area contributed by atoms with E-state index in [1.54, 1.807) is 25.6 Å². The van der Waals surface area contributed by atoms with Crippen molar-refractivity contribution in [3.05, 3.63) is 31.1 Å². The highest BCUT2D eigenvalue weighted by Gasteiger charge is 1.58. The lowest BCUT2D eigenvalue weighted by Gasteiger charge is -1.79. The minimum Gasteiger partial charge on any atom is -0.381 e. The monoisotopic (exact) mass is 170 g/mol. The van der Waals surface area contributed by atoms with Crippen LogP contribution in [0.2, 0.25) is 0 Å². The van der Waals surface area contributed by atoms with Gasteiger partial charge in [0.15, 0.2) is 0 Å². The van der Waals surface area contributed by atoms with Crippen LogP contribution in [0, 0.1) is 0 Å². The van der Waals surface area contributed by atoms with Crippen LogP contribution in [0.3, 0.4) is 0 Å². The minimum atomic E-state index is 0.653. The summed E-state index contributed by atoms with van der Waals surface area (Å²) in [6, 6.07) is 1.83. The zero-order valence-corrected chi connectivity index (χ0v) is 8.08. The molecule has 70 valence electrons. The van der Waals surface area contributed by atoms with Gasteiger partial charge < -0.3 is 4.74 Å². The average Bonchev–Trinajstić information content (AvgIpc) is 2.67. The van der Waals surface area contributed by atoms with Crippen LogP contribution < -0.4 is 0 Å². The van der Waals surface area contributed by atoms with E-state index < -0.39 is 0 Å². The molecule has 0 saturated heterocycles. The summed E-state index contributed by atoms with van der Waals surface area (Å²) in [7, 11) is 1.64. The van der Waals surface area contributed by atoms with E-state index in [9.17, 15) is 0 Å². The predicted molar refractivity (Wildman–Crippen MR) is 52.0 cm³/mol. The number of methoxy groups -OCH3 is 1. The van der Waals surface area contributed by atoms with Crippen molar-refractivity contribution in [1.29, 1.82) is 0 Å². The summed E-state index contributed by atoms with van der Waals surface area (Å²) in [6.07, 6.45) is 5.17. The fraction of sp³-hybridized carbons (Fsp3) is 0.444. The van der Waals surface area contributed by atoms with Crippen molar-refractivity contribution in [2.75, 3.05) is 13.7 Å². The van der Waals surface area contributed by atoms with Crippen LogP contribution >= 0.6 is 0 Å². The predicted octanol–water partition coefficient (Wildman–Crippen LogP) is 2.25. The van der Waals surface area contributed by atoms with Gasteiger partial charge in [-0.2, -0.15) is 5.10 Å². The van der Waals surface area contributed by atoms with Gasteiger partial charge in [0, 0.05) is 19.5 Å². The number of nitrogens with zero attached hydrogens (tertiary/aromatic N) is 1. The second-order valence-corrected chi connectivity index (χ2v) is 1.51. The number of hydrogen-bond acceptors (Lipinski definition) is 2. The number of rotatable bonds is 2. The van der Waals surface area contributed by atoms with Gasteiger partial charge in [-0.3, -0.25) is 5.10 Å². The summed E-state index contributed by atoms with van der Waals surface area (Å²) >= 11 is 0. The number of hydrogen-bond donors (Lipinski definition) is 1. The SMILES string of the molecule is C=CCOC.CC.c1cn[nH]c1. The highest BCUT2D eigenvalue weighted by molar-refractivity contribution is 4.72. The van der Waals surface area contributed by atoms with Gasteiger partial charge in [-0.1, -0.05) is 19.9 Å². The minimum absolute atomic E-state index is 0.653. The summed E-state index contributed by atoms with van der Waals surface area (Å²) < 4.78 is 4.57. The lowest BCUT2D eigenvalue weighted by Crippen LogP contribution is -1.76. The first kappa shape index (κ1) is 13.5. The molecule has 0 amide bonds. The molecule has 0 atom stereocenters. The van der Waals surface area contributed by atoms with E-state index in [2.05, 4.69) is 21.5 Å². The Morgan fingerprint density at radius 1 is 1.58 bits per heavy atom. The third kappa shape index (κ3) is 16.0. The topological polar surface area (TPSA) is 37.9 Å². The molecule has 0 fully saturated rings. The van der Waals surface area contributed by atoms with Crippen molar-refractivity contribution in [2.45, 2.75) is 13.8 Å². The molecule has 0 saturated carbocycles. The highest BCUT2D eigenvalue weighted by atomic mass is 16.5. The Bertz CT molecular complexity index is 121. The number of aromatic amines is 1. The largest absolute Gasteiger partial charge is 0.381 e. The Morgan fingerprint density at radius 2 is 2.25 bits per heavy atom. The zero-order chi connectivity index (χ0) is 9.66. The molecule has 1 aromatic rings. The van der Waals surface area contributed by atoms with Gasteiger partial charge in [-0.25, -0.2) is 0 Å². The van der Waals surface area contributed by atoms with E-state index in [1.165, 1.54) is 0 Å². The second-order valence-electron chi connectivity index (χ2n) is 1.51. The van der Waals surface area contributed by atoms with Gasteiger partial charge >= 0.3 is 0 Å². The molecule has 12 heavy (non-hydrogen) atoms. The summed E-state index contributed by atoms with van der Waals surface area (Å²) in [5.41, 5.74) is 0. The first-order valence-corrected chi connectivity index (χ1v) is 3.95. The maximum atomic E-state index is 4.57. The smallest absolute Gasteiger partial charge is 0.0641 e. The van der Waals surface area contributed by atoms with Gasteiger partial charge in [0.1, 0.15) is 0 Å². The molecule has 0 bridgehead atoms. The number of aromatic nitrogens is 2. The zero-order valence-electron chi connectivity index (χ0n) is 8.08. The van der Waals surface area contributed by atoms with Crippen molar-refractivity contribution < 1.29 is 4.74 Å². The molecule has 0 aromatic carbocycles. The molecule has 3 heteroatoms. The first-order valence-electron chi connectivity index (χ1n) is 3.95. The molecule has 0 unspecified atom stereocenters. The van der Waals surface area contributed by atoms with Crippen molar-refractivity contribution in [3.63, 3.8) is 0 Å². The Kier molecular flexibility index (Phi) is 18.5. The van der Waals surface area contributed by atoms with E-state index in [0.717, 1.165) is 0 Å². The molecule has 1 rings (SSSR count). The van der Waals surface area contributed by atoms with E-state index in [-0.39, 0.29) is 0 Å². The third-order valence-corrected chi connectivity index (χ3v) is 0.690. The van der Waals surface area contributed by atoms with Crippen molar-refractivity contribution in [2.24, 2.45) is 0 Å². The average molecular weight is 170 g/mol. The molecule has 0 aliphatic heterocycles. The standard InChI is InChI=1S/C4H8O.C3H4N2.C2H6/c1-3-4-5-2;1-2-4-5-3-1;1-2/h3H,1,4H2,2H3;1-3H,(H,4,5);1-2H3. The molecule has 3 nitrogen and oxygen atoms in total. The van der Waals surface area contributed by atoms with Crippen LogP contribution in [-0.4, -0.2) is 23.9 Å². The summed E-state index contributed by atoms with van der Waals surface area (Å²) in [6.45, 7) is 8.08. The molecule has 1 aromatic heterocycles. The molecule has 0 radical (unpaired) electrons. The molecule has 0 spiro atoms. The van der Waals surface area contributed by atoms with Crippen LogP contribution in [0.1, 0.15) is 13.8 Å². The first-order chi connectivity index (χ1) is 5.91. The third-order valence-electron chi connectivity index (χ3n) is 0.690. The van der Waals surface area contributed by atoms with Gasteiger partial charge in [0.25, 0.3) is 0 Å². The van der Waals surface area contributed by atoms with Gasteiger partial charge in [-0.05, 0) is 6.07 Å². The van der Waals surface area contributed by atoms with E-state index >= 15 is 0 Å². The second kappa shape index (κ2) is 16.5. The number of nitrogens with one attached hydrogen (secondary N) is 1. The Balaban J connectivity index is 0. The fourth-order valence-corrected chi connectivity index (χ4v) is 0.333. The van der Waals surface area contributed by atoms with Crippen LogP contribution in [0.5, 0.6) is 0 Å². The maximum Gasteiger partial charge on any atom is 0.0641 e. The summed E-state index contributed by atoms with van der Waals surface area (Å²) in [5.74, 6) is 0. The van der Waals surface area contributed by atoms with Crippen LogP contribution in [0.4, 0.5) is 0 Å². The number of H-pyrrole nitrogens is 1. The number of ether oxygens (including phenoxy) is 1. The van der Waals surface area contributed by atoms with E-state index in [4.69, 9.17) is 0 Å². The van der Waals surface area contributed by atoms with Gasteiger partial charge in [-0.15, -0.1) is 6.58 Å². The molecular formula is C9H18N2O. The van der Waals surface area contributed by atoms with Crippen LogP contribution in [-0.2, 0) is 4.74 Å². The van der Waals surface area contributed by atoms with Crippen LogP contribution in [0.25, 0.3) is 0 Å². The molecule has 0 aliphatic carbocycles. The van der Waals surface area contributed by atoms with Crippen molar-refractivity contribution in [3.8, 4) is 0 Å². The Morgan fingerprint density at radius 3 is 2.33 bits per heavy atom. The van der Waals surface area contributed by atoms with Crippen molar-refractivity contribution in [1.82, 2.24) is 10.2 Å². The Labute approximate surface area is 74.5 Å². The van der Waals surface area contributed by atoms with Crippen LogP contribution in [0.15, 0.2) is 31.1 Å². The van der Waals surface area contributed by atoms with Gasteiger partial charge in [0.2, 0.25) is 0 Å². The molecule has 1 heterocycles.